The van der Waals surface area contributed by atoms with Crippen molar-refractivity contribution < 1.29 is 4.79 Å². The van der Waals surface area contributed by atoms with Gasteiger partial charge in [-0.2, -0.15) is 0 Å². The fraction of sp³-hybridized carbons (Fsp3) is 0.611. The monoisotopic (exact) mass is 506 g/mol. The zero-order chi connectivity index (χ0) is 18.4. The van der Waals surface area contributed by atoms with Crippen LogP contribution in [-0.2, 0) is 4.79 Å². The fourth-order valence-electron chi connectivity index (χ4n) is 3.03. The number of hydrogen-bond acceptors (Lipinski definition) is 4. The molecule has 1 saturated heterocycles. The van der Waals surface area contributed by atoms with Gasteiger partial charge in [-0.3, -0.25) is 9.79 Å². The van der Waals surface area contributed by atoms with E-state index in [9.17, 15) is 4.79 Å². The summed E-state index contributed by atoms with van der Waals surface area (Å²) in [5.74, 6) is 2.03. The molecular weight excluding hydrogens is 479 g/mol. The molecule has 1 atom stereocenters. The Kier molecular flexibility index (Phi) is 8.88. The SMILES string of the molecule is CCNC(=NCCNC(=O)C1CC1)NC1CCN(c2ncccc2Cl)C1.I. The first kappa shape index (κ1) is 22.0. The number of aliphatic imine (C=N–C) groups is 1. The maximum Gasteiger partial charge on any atom is 0.223 e. The van der Waals surface area contributed by atoms with Gasteiger partial charge in [-0.1, -0.05) is 11.6 Å². The molecule has 7 nitrogen and oxygen atoms in total. The van der Waals surface area contributed by atoms with E-state index in [1.807, 2.05) is 19.1 Å². The van der Waals surface area contributed by atoms with Crippen LogP contribution in [0.1, 0.15) is 26.2 Å². The smallest absolute Gasteiger partial charge is 0.223 e. The van der Waals surface area contributed by atoms with E-state index < -0.39 is 0 Å². The lowest BCUT2D eigenvalue weighted by molar-refractivity contribution is -0.122. The minimum absolute atomic E-state index is 0. The number of guanidine groups is 1. The molecule has 27 heavy (non-hydrogen) atoms. The van der Waals surface area contributed by atoms with Crippen molar-refractivity contribution in [2.24, 2.45) is 10.9 Å². The van der Waals surface area contributed by atoms with Crippen LogP contribution in [0.15, 0.2) is 23.3 Å². The lowest BCUT2D eigenvalue weighted by Gasteiger charge is -2.20. The van der Waals surface area contributed by atoms with Crippen molar-refractivity contribution in [2.75, 3.05) is 37.6 Å². The van der Waals surface area contributed by atoms with Gasteiger partial charge < -0.3 is 20.9 Å². The summed E-state index contributed by atoms with van der Waals surface area (Å²) in [7, 11) is 0. The molecular formula is C18H28ClIN6O. The number of carbonyl (C=O) groups is 1. The van der Waals surface area contributed by atoms with Crippen molar-refractivity contribution in [1.82, 2.24) is 20.9 Å². The van der Waals surface area contributed by atoms with Crippen LogP contribution in [0.3, 0.4) is 0 Å². The number of nitrogens with one attached hydrogen (secondary N) is 3. The molecule has 1 aromatic heterocycles. The van der Waals surface area contributed by atoms with E-state index in [1.54, 1.807) is 6.20 Å². The minimum Gasteiger partial charge on any atom is -0.357 e. The van der Waals surface area contributed by atoms with Crippen molar-refractivity contribution in [2.45, 2.75) is 32.2 Å². The largest absolute Gasteiger partial charge is 0.357 e. The number of aromatic nitrogens is 1. The van der Waals surface area contributed by atoms with Crippen LogP contribution < -0.4 is 20.9 Å². The second kappa shape index (κ2) is 10.9. The van der Waals surface area contributed by atoms with Crippen LogP contribution in [0, 0.1) is 5.92 Å². The molecule has 9 heteroatoms. The normalized spacial score (nSPS) is 19.4. The van der Waals surface area contributed by atoms with Crippen LogP contribution in [0.2, 0.25) is 5.02 Å². The molecule has 1 amide bonds. The predicted octanol–water partition coefficient (Wildman–Crippen LogP) is 2.01. The van der Waals surface area contributed by atoms with E-state index in [0.29, 0.717) is 18.1 Å². The molecule has 1 aliphatic heterocycles. The van der Waals surface area contributed by atoms with Crippen LogP contribution in [0.25, 0.3) is 0 Å². The number of pyridine rings is 1. The Labute approximate surface area is 182 Å². The Balaban J connectivity index is 0.00000261. The van der Waals surface area contributed by atoms with Gasteiger partial charge in [-0.15, -0.1) is 24.0 Å². The maximum atomic E-state index is 11.6. The highest BCUT2D eigenvalue weighted by molar-refractivity contribution is 14.0. The lowest BCUT2D eigenvalue weighted by Crippen LogP contribution is -2.45. The first-order valence-electron chi connectivity index (χ1n) is 9.35. The average Bonchev–Trinajstić information content (AvgIpc) is 3.39. The third kappa shape index (κ3) is 6.67. The zero-order valence-electron chi connectivity index (χ0n) is 15.6. The van der Waals surface area contributed by atoms with Crippen LogP contribution in [-0.4, -0.2) is 55.6 Å². The average molecular weight is 507 g/mol. The van der Waals surface area contributed by atoms with Gasteiger partial charge in [0.15, 0.2) is 5.96 Å². The molecule has 3 N–H and O–H groups in total. The molecule has 150 valence electrons. The first-order chi connectivity index (χ1) is 12.7. The third-order valence-corrected chi connectivity index (χ3v) is 4.84. The molecule has 1 saturated carbocycles. The Hall–Kier alpha value is -1.29. The highest BCUT2D eigenvalue weighted by Crippen LogP contribution is 2.28. The summed E-state index contributed by atoms with van der Waals surface area (Å²) in [6.07, 6.45) is 4.81. The van der Waals surface area contributed by atoms with Gasteiger partial charge in [0.2, 0.25) is 5.91 Å². The topological polar surface area (TPSA) is 81.6 Å². The number of nitrogens with zero attached hydrogens (tertiary/aromatic N) is 3. The predicted molar refractivity (Wildman–Crippen MR) is 120 cm³/mol. The van der Waals surface area contributed by atoms with Gasteiger partial charge >= 0.3 is 0 Å². The number of halogens is 2. The Bertz CT molecular complexity index is 654. The number of rotatable bonds is 7. The summed E-state index contributed by atoms with van der Waals surface area (Å²) in [6, 6.07) is 3.99. The summed E-state index contributed by atoms with van der Waals surface area (Å²) in [4.78, 5) is 22.8. The van der Waals surface area contributed by atoms with Gasteiger partial charge in [0, 0.05) is 44.3 Å². The van der Waals surface area contributed by atoms with Gasteiger partial charge in [0.1, 0.15) is 5.82 Å². The Morgan fingerprint density at radius 3 is 2.89 bits per heavy atom. The maximum absolute atomic E-state index is 11.6. The molecule has 2 heterocycles. The van der Waals surface area contributed by atoms with Gasteiger partial charge in [0.05, 0.1) is 11.6 Å². The standard InChI is InChI=1S/C18H27ClN6O.HI/c1-2-20-18(23-10-9-22-17(26)13-5-6-13)24-14-7-11-25(12-14)16-15(19)4-3-8-21-16;/h3-4,8,13-14H,2,5-7,9-12H2,1H3,(H,22,26)(H2,20,23,24);1H. The second-order valence-corrected chi connectivity index (χ2v) is 7.12. The molecule has 1 aliphatic carbocycles. The summed E-state index contributed by atoms with van der Waals surface area (Å²) < 4.78 is 0. The summed E-state index contributed by atoms with van der Waals surface area (Å²) in [5.41, 5.74) is 0. The van der Waals surface area contributed by atoms with Crippen molar-refractivity contribution in [1.29, 1.82) is 0 Å². The highest BCUT2D eigenvalue weighted by atomic mass is 127. The molecule has 1 unspecified atom stereocenters. The van der Waals surface area contributed by atoms with Gasteiger partial charge in [-0.25, -0.2) is 4.98 Å². The van der Waals surface area contributed by atoms with Gasteiger partial charge in [-0.05, 0) is 38.3 Å². The van der Waals surface area contributed by atoms with Crippen LogP contribution in [0.4, 0.5) is 5.82 Å². The number of carbonyl (C=O) groups excluding carboxylic acids is 1. The second-order valence-electron chi connectivity index (χ2n) is 6.71. The summed E-state index contributed by atoms with van der Waals surface area (Å²) in [6.45, 7) is 5.72. The van der Waals surface area contributed by atoms with Crippen LogP contribution in [0.5, 0.6) is 0 Å². The van der Waals surface area contributed by atoms with Crippen molar-refractivity contribution in [3.63, 3.8) is 0 Å². The van der Waals surface area contributed by atoms with E-state index in [-0.39, 0.29) is 41.8 Å². The Morgan fingerprint density at radius 2 is 2.19 bits per heavy atom. The third-order valence-electron chi connectivity index (χ3n) is 4.54. The number of amides is 1. The molecule has 0 radical (unpaired) electrons. The number of anilines is 1. The Morgan fingerprint density at radius 1 is 1.37 bits per heavy atom. The number of hydrogen-bond donors (Lipinski definition) is 3. The molecule has 3 rings (SSSR count). The lowest BCUT2D eigenvalue weighted by atomic mass is 10.3. The van der Waals surface area contributed by atoms with E-state index in [1.165, 1.54) is 0 Å². The fourth-order valence-corrected chi connectivity index (χ4v) is 3.27. The highest BCUT2D eigenvalue weighted by Gasteiger charge is 2.29. The van der Waals surface area contributed by atoms with Crippen molar-refractivity contribution >= 4 is 53.3 Å². The first-order valence-corrected chi connectivity index (χ1v) is 9.73. The van der Waals surface area contributed by atoms with Crippen molar-refractivity contribution in [3.05, 3.63) is 23.4 Å². The molecule has 0 spiro atoms. The molecule has 0 bridgehead atoms. The van der Waals surface area contributed by atoms with E-state index in [2.05, 4.69) is 30.8 Å². The summed E-state index contributed by atoms with van der Waals surface area (Å²) in [5, 5.41) is 10.4. The minimum atomic E-state index is 0. The summed E-state index contributed by atoms with van der Waals surface area (Å²) >= 11 is 6.25. The zero-order valence-corrected chi connectivity index (χ0v) is 18.7. The molecule has 2 fully saturated rings. The molecule has 2 aliphatic rings. The van der Waals surface area contributed by atoms with Crippen LogP contribution >= 0.6 is 35.6 Å². The quantitative estimate of drug-likeness (QED) is 0.228. The van der Waals surface area contributed by atoms with E-state index in [4.69, 9.17) is 11.6 Å². The van der Waals surface area contributed by atoms with E-state index in [0.717, 1.165) is 50.7 Å². The van der Waals surface area contributed by atoms with Gasteiger partial charge in [0.25, 0.3) is 0 Å². The molecule has 1 aromatic rings. The molecule has 0 aromatic carbocycles. The van der Waals surface area contributed by atoms with E-state index >= 15 is 0 Å². The van der Waals surface area contributed by atoms with Crippen molar-refractivity contribution in [3.8, 4) is 0 Å².